The number of thioether (sulfide) groups is 1. The van der Waals surface area contributed by atoms with Gasteiger partial charge in [-0.25, -0.2) is 0 Å². The molecule has 0 aliphatic carbocycles. The minimum Gasteiger partial charge on any atom is -0.507 e. The van der Waals surface area contributed by atoms with Crippen molar-refractivity contribution in [3.63, 3.8) is 0 Å². The molecule has 1 unspecified atom stereocenters. The van der Waals surface area contributed by atoms with Crippen LogP contribution < -0.4 is 0 Å². The lowest BCUT2D eigenvalue weighted by Gasteiger charge is -2.13. The van der Waals surface area contributed by atoms with Gasteiger partial charge in [0.25, 0.3) is 0 Å². The molecule has 3 heteroatoms. The predicted molar refractivity (Wildman–Crippen MR) is 78.2 cm³/mol. The zero-order chi connectivity index (χ0) is 13.4. The highest BCUT2D eigenvalue weighted by molar-refractivity contribution is 8.14. The van der Waals surface area contributed by atoms with E-state index in [0.717, 1.165) is 12.2 Å². The Balaban J connectivity index is 2.47. The molecule has 0 aliphatic heterocycles. The molecule has 0 aromatic heterocycles. The van der Waals surface area contributed by atoms with Gasteiger partial charge in [0, 0.05) is 5.75 Å². The summed E-state index contributed by atoms with van der Waals surface area (Å²) < 4.78 is 0. The third-order valence-corrected chi connectivity index (χ3v) is 4.24. The second kappa shape index (κ2) is 8.20. The summed E-state index contributed by atoms with van der Waals surface area (Å²) >= 11 is 1.33. The Hall–Kier alpha value is -0.960. The van der Waals surface area contributed by atoms with E-state index in [1.54, 1.807) is 24.3 Å². The van der Waals surface area contributed by atoms with Crippen molar-refractivity contribution in [1.29, 1.82) is 0 Å². The fraction of sp³-hybridized carbons (Fsp3) is 0.533. The highest BCUT2D eigenvalue weighted by Crippen LogP contribution is 2.25. The Kier molecular flexibility index (Phi) is 6.88. The van der Waals surface area contributed by atoms with E-state index >= 15 is 0 Å². The van der Waals surface area contributed by atoms with E-state index in [1.807, 2.05) is 0 Å². The lowest BCUT2D eigenvalue weighted by atomic mass is 10.0. The van der Waals surface area contributed by atoms with Crippen molar-refractivity contribution in [2.24, 2.45) is 5.92 Å². The Morgan fingerprint density at radius 2 is 2.06 bits per heavy atom. The van der Waals surface area contributed by atoms with Crippen molar-refractivity contribution in [3.8, 4) is 5.75 Å². The van der Waals surface area contributed by atoms with Crippen LogP contribution in [0.15, 0.2) is 24.3 Å². The fourth-order valence-electron chi connectivity index (χ4n) is 1.82. The van der Waals surface area contributed by atoms with Crippen LogP contribution in [-0.4, -0.2) is 16.0 Å². The maximum absolute atomic E-state index is 12.0. The molecule has 0 amide bonds. The number of para-hydroxylation sites is 1. The van der Waals surface area contributed by atoms with Gasteiger partial charge in [-0.2, -0.15) is 0 Å². The van der Waals surface area contributed by atoms with Crippen molar-refractivity contribution < 1.29 is 9.90 Å². The summed E-state index contributed by atoms with van der Waals surface area (Å²) in [5.74, 6) is 1.53. The average Bonchev–Trinajstić information content (AvgIpc) is 2.39. The average molecular weight is 266 g/mol. The molecule has 1 aromatic rings. The third-order valence-electron chi connectivity index (χ3n) is 3.12. The van der Waals surface area contributed by atoms with Gasteiger partial charge < -0.3 is 5.11 Å². The van der Waals surface area contributed by atoms with Gasteiger partial charge >= 0.3 is 0 Å². The van der Waals surface area contributed by atoms with Crippen molar-refractivity contribution >= 4 is 16.9 Å². The first-order chi connectivity index (χ1) is 8.69. The fourth-order valence-corrected chi connectivity index (χ4v) is 2.93. The number of hydrogen-bond donors (Lipinski definition) is 1. The molecular formula is C15H22O2S. The number of aromatic hydroxyl groups is 1. The number of benzene rings is 1. The van der Waals surface area contributed by atoms with Crippen LogP contribution in [0.3, 0.4) is 0 Å². The van der Waals surface area contributed by atoms with Crippen LogP contribution in [0.1, 0.15) is 49.9 Å². The standard InChI is InChI=1S/C15H22O2S/c1-3-5-8-12(4-2)11-18-15(17)13-9-6-7-10-14(13)16/h6-7,9-10,12,16H,3-5,8,11H2,1-2H3. The summed E-state index contributed by atoms with van der Waals surface area (Å²) in [4.78, 5) is 12.0. The van der Waals surface area contributed by atoms with Gasteiger partial charge in [0.2, 0.25) is 5.12 Å². The van der Waals surface area contributed by atoms with Gasteiger partial charge in [0.1, 0.15) is 5.75 Å². The van der Waals surface area contributed by atoms with Crippen LogP contribution in [0.2, 0.25) is 0 Å². The van der Waals surface area contributed by atoms with Gasteiger partial charge in [-0.3, -0.25) is 4.79 Å². The molecule has 0 saturated carbocycles. The predicted octanol–water partition coefficient (Wildman–Crippen LogP) is 4.48. The van der Waals surface area contributed by atoms with E-state index < -0.39 is 0 Å². The lowest BCUT2D eigenvalue weighted by Crippen LogP contribution is -2.05. The van der Waals surface area contributed by atoms with Crippen LogP contribution in [0.4, 0.5) is 0 Å². The SMILES string of the molecule is CCCCC(CC)CSC(=O)c1ccccc1O. The van der Waals surface area contributed by atoms with Crippen LogP contribution in [0.5, 0.6) is 5.75 Å². The Morgan fingerprint density at radius 1 is 1.33 bits per heavy atom. The second-order valence-electron chi connectivity index (χ2n) is 4.53. The molecule has 0 aliphatic rings. The number of carbonyl (C=O) groups is 1. The van der Waals surface area contributed by atoms with Crippen LogP contribution >= 0.6 is 11.8 Å². The topological polar surface area (TPSA) is 37.3 Å². The highest BCUT2D eigenvalue weighted by atomic mass is 32.2. The summed E-state index contributed by atoms with van der Waals surface area (Å²) in [5, 5.41) is 9.59. The van der Waals surface area contributed by atoms with E-state index in [9.17, 15) is 9.90 Å². The van der Waals surface area contributed by atoms with E-state index in [1.165, 1.54) is 31.0 Å². The molecule has 0 bridgehead atoms. The summed E-state index contributed by atoms with van der Waals surface area (Å²) in [5.41, 5.74) is 0.424. The smallest absolute Gasteiger partial charge is 0.223 e. The minimum atomic E-state index is -0.0250. The normalized spacial score (nSPS) is 12.3. The Morgan fingerprint density at radius 3 is 2.67 bits per heavy atom. The summed E-state index contributed by atoms with van der Waals surface area (Å²) in [6.07, 6.45) is 4.73. The van der Waals surface area contributed by atoms with Crippen molar-refractivity contribution in [2.45, 2.75) is 39.5 Å². The number of unbranched alkanes of at least 4 members (excludes halogenated alkanes) is 1. The largest absolute Gasteiger partial charge is 0.507 e. The molecule has 1 atom stereocenters. The highest BCUT2D eigenvalue weighted by Gasteiger charge is 2.14. The van der Waals surface area contributed by atoms with Crippen LogP contribution in [0, 0.1) is 5.92 Å². The molecule has 0 spiro atoms. The van der Waals surface area contributed by atoms with Crippen molar-refractivity contribution in [1.82, 2.24) is 0 Å². The summed E-state index contributed by atoms with van der Waals surface area (Å²) in [6.45, 7) is 4.36. The number of hydrogen-bond acceptors (Lipinski definition) is 3. The zero-order valence-corrected chi connectivity index (χ0v) is 12.0. The molecule has 0 radical (unpaired) electrons. The molecule has 0 heterocycles. The molecule has 18 heavy (non-hydrogen) atoms. The van der Waals surface area contributed by atoms with E-state index in [2.05, 4.69) is 13.8 Å². The lowest BCUT2D eigenvalue weighted by molar-refractivity contribution is 0.108. The molecule has 1 aromatic carbocycles. The maximum atomic E-state index is 12.0. The number of carbonyl (C=O) groups excluding carboxylic acids is 1. The number of phenols is 1. The zero-order valence-electron chi connectivity index (χ0n) is 11.2. The summed E-state index contributed by atoms with van der Waals surface area (Å²) in [6, 6.07) is 6.74. The second-order valence-corrected chi connectivity index (χ2v) is 5.52. The first-order valence-corrected chi connectivity index (χ1v) is 7.62. The first-order valence-electron chi connectivity index (χ1n) is 6.64. The molecule has 2 nitrogen and oxygen atoms in total. The van der Waals surface area contributed by atoms with Gasteiger partial charge in [0.15, 0.2) is 0 Å². The molecule has 100 valence electrons. The van der Waals surface area contributed by atoms with Gasteiger partial charge in [-0.15, -0.1) is 0 Å². The minimum absolute atomic E-state index is 0.0250. The van der Waals surface area contributed by atoms with Crippen LogP contribution in [-0.2, 0) is 0 Å². The maximum Gasteiger partial charge on any atom is 0.223 e. The summed E-state index contributed by atoms with van der Waals surface area (Å²) in [7, 11) is 0. The molecule has 0 saturated heterocycles. The molecular weight excluding hydrogens is 244 g/mol. The van der Waals surface area contributed by atoms with Crippen molar-refractivity contribution in [3.05, 3.63) is 29.8 Å². The first kappa shape index (κ1) is 15.1. The molecule has 0 fully saturated rings. The van der Waals surface area contributed by atoms with E-state index in [4.69, 9.17) is 0 Å². The van der Waals surface area contributed by atoms with Gasteiger partial charge in [-0.05, 0) is 24.5 Å². The van der Waals surface area contributed by atoms with E-state index in [0.29, 0.717) is 11.5 Å². The molecule has 1 rings (SSSR count). The van der Waals surface area contributed by atoms with Crippen LogP contribution in [0.25, 0.3) is 0 Å². The number of rotatable bonds is 7. The Labute approximate surface area is 114 Å². The van der Waals surface area contributed by atoms with Crippen molar-refractivity contribution in [2.75, 3.05) is 5.75 Å². The third kappa shape index (κ3) is 4.73. The van der Waals surface area contributed by atoms with Gasteiger partial charge in [0.05, 0.1) is 5.56 Å². The monoisotopic (exact) mass is 266 g/mol. The quantitative estimate of drug-likeness (QED) is 0.790. The number of phenolic OH excluding ortho intramolecular Hbond substituents is 1. The molecule has 1 N–H and O–H groups in total. The Bertz CT molecular complexity index is 377. The van der Waals surface area contributed by atoms with E-state index in [-0.39, 0.29) is 10.9 Å². The van der Waals surface area contributed by atoms with Gasteiger partial charge in [-0.1, -0.05) is 57.0 Å².